The number of aromatic nitrogens is 1. The maximum absolute atomic E-state index is 13.6. The van der Waals surface area contributed by atoms with E-state index < -0.39 is 23.8 Å². The van der Waals surface area contributed by atoms with Gasteiger partial charge in [-0.15, -0.1) is 0 Å². The quantitative estimate of drug-likeness (QED) is 0.310. The molecule has 224 valence electrons. The van der Waals surface area contributed by atoms with Gasteiger partial charge in [0, 0.05) is 50.4 Å². The molecule has 0 aliphatic carbocycles. The summed E-state index contributed by atoms with van der Waals surface area (Å²) in [6.45, 7) is 4.81. The first kappa shape index (κ1) is 30.4. The van der Waals surface area contributed by atoms with E-state index in [1.54, 1.807) is 29.0 Å². The minimum atomic E-state index is -0.947. The Morgan fingerprint density at radius 1 is 1.17 bits per heavy atom. The number of pyridine rings is 1. The Hall–Kier alpha value is -3.57. The predicted octanol–water partition coefficient (Wildman–Crippen LogP) is 2.51. The van der Waals surface area contributed by atoms with E-state index in [1.807, 2.05) is 15.9 Å². The number of aryl methyl sites for hydroxylation is 1. The lowest BCUT2D eigenvalue weighted by atomic mass is 9.84. The molecule has 0 saturated carbocycles. The first-order valence-corrected chi connectivity index (χ1v) is 14.5. The van der Waals surface area contributed by atoms with Crippen LogP contribution < -0.4 is 25.5 Å². The number of carboxylic acids is 1. The van der Waals surface area contributed by atoms with Crippen LogP contribution in [0.15, 0.2) is 41.3 Å². The number of carbonyl (C=O) groups is 2. The van der Waals surface area contributed by atoms with Crippen molar-refractivity contribution >= 4 is 11.9 Å². The number of nitrogens with two attached hydrogens (primary N) is 1. The van der Waals surface area contributed by atoms with E-state index in [0.717, 1.165) is 31.2 Å². The highest BCUT2D eigenvalue weighted by Crippen LogP contribution is 2.47. The fourth-order valence-corrected chi connectivity index (χ4v) is 5.90. The van der Waals surface area contributed by atoms with Gasteiger partial charge in [-0.2, -0.15) is 0 Å². The van der Waals surface area contributed by atoms with Gasteiger partial charge in [-0.1, -0.05) is 19.4 Å². The summed E-state index contributed by atoms with van der Waals surface area (Å²) in [5.74, 6) is -0.723. The van der Waals surface area contributed by atoms with Crippen molar-refractivity contribution in [2.24, 2.45) is 11.7 Å². The van der Waals surface area contributed by atoms with Gasteiger partial charge in [0.1, 0.15) is 0 Å². The van der Waals surface area contributed by atoms with Crippen molar-refractivity contribution in [1.29, 1.82) is 0 Å². The number of hydrogen-bond donors (Lipinski definition) is 2. The molecule has 3 heterocycles. The second-order valence-corrected chi connectivity index (χ2v) is 10.7. The van der Waals surface area contributed by atoms with Crippen LogP contribution in [-0.4, -0.2) is 84.0 Å². The van der Waals surface area contributed by atoms with E-state index in [1.165, 1.54) is 13.2 Å². The van der Waals surface area contributed by atoms with Crippen LogP contribution in [-0.2, 0) is 16.1 Å². The first-order chi connectivity index (χ1) is 19.9. The van der Waals surface area contributed by atoms with Crippen LogP contribution in [0.4, 0.5) is 0 Å². The number of carbonyl (C=O) groups excluding carboxylic acids is 1. The third-order valence-corrected chi connectivity index (χ3v) is 8.06. The zero-order valence-electron chi connectivity index (χ0n) is 24.0. The summed E-state index contributed by atoms with van der Waals surface area (Å²) >= 11 is 0. The summed E-state index contributed by atoms with van der Waals surface area (Å²) in [5.41, 5.74) is 6.29. The lowest BCUT2D eigenvalue weighted by Gasteiger charge is -2.30. The molecular formula is C30H42N4O7. The van der Waals surface area contributed by atoms with E-state index in [9.17, 15) is 19.5 Å². The Labute approximate surface area is 240 Å². The molecule has 3 unspecified atom stereocenters. The fourth-order valence-electron chi connectivity index (χ4n) is 5.90. The molecule has 1 aromatic carbocycles. The lowest BCUT2D eigenvalue weighted by molar-refractivity contribution is -0.144. The topological polar surface area (TPSA) is 137 Å². The number of unbranched alkanes of at least 4 members (excludes halogenated alkanes) is 2. The second kappa shape index (κ2) is 14.4. The molecule has 0 spiro atoms. The van der Waals surface area contributed by atoms with Crippen LogP contribution in [0.25, 0.3) is 0 Å². The number of ether oxygens (including phenoxy) is 3. The van der Waals surface area contributed by atoms with Gasteiger partial charge in [-0.05, 0) is 56.0 Å². The number of carboxylic acid groups (broad SMARTS) is 1. The third-order valence-electron chi connectivity index (χ3n) is 8.06. The minimum absolute atomic E-state index is 0.0228. The number of amides is 1. The zero-order chi connectivity index (χ0) is 29.4. The van der Waals surface area contributed by atoms with Crippen LogP contribution in [0.1, 0.15) is 50.5 Å². The molecule has 4 rings (SSSR count). The number of likely N-dealkylation sites (tertiary alicyclic amines) is 1. The zero-order valence-corrected chi connectivity index (χ0v) is 24.0. The van der Waals surface area contributed by atoms with Gasteiger partial charge in [-0.25, -0.2) is 0 Å². The van der Waals surface area contributed by atoms with E-state index in [4.69, 9.17) is 19.9 Å². The maximum atomic E-state index is 13.6. The Morgan fingerprint density at radius 3 is 2.68 bits per heavy atom. The molecule has 0 radical (unpaired) electrons. The van der Waals surface area contributed by atoms with Crippen LogP contribution in [0.3, 0.4) is 0 Å². The van der Waals surface area contributed by atoms with Gasteiger partial charge in [0.25, 0.3) is 0 Å². The van der Waals surface area contributed by atoms with Gasteiger partial charge < -0.3 is 34.5 Å². The molecule has 1 amide bonds. The number of methoxy groups -OCH3 is 1. The molecule has 3 N–H and O–H groups in total. The average Bonchev–Trinajstić information content (AvgIpc) is 3.58. The van der Waals surface area contributed by atoms with Gasteiger partial charge in [0.05, 0.1) is 19.6 Å². The van der Waals surface area contributed by atoms with E-state index in [0.29, 0.717) is 56.4 Å². The van der Waals surface area contributed by atoms with Crippen molar-refractivity contribution < 1.29 is 28.9 Å². The molecule has 3 atom stereocenters. The Kier molecular flexibility index (Phi) is 10.6. The van der Waals surface area contributed by atoms with Crippen molar-refractivity contribution in [1.82, 2.24) is 14.4 Å². The van der Waals surface area contributed by atoms with E-state index in [2.05, 4.69) is 6.92 Å². The van der Waals surface area contributed by atoms with Gasteiger partial charge in [0.15, 0.2) is 11.5 Å². The number of rotatable bonds is 15. The van der Waals surface area contributed by atoms with Crippen molar-refractivity contribution in [2.45, 2.75) is 57.5 Å². The molecule has 1 fully saturated rings. The summed E-state index contributed by atoms with van der Waals surface area (Å²) < 4.78 is 18.3. The molecule has 1 saturated heterocycles. The summed E-state index contributed by atoms with van der Waals surface area (Å²) in [4.78, 5) is 42.8. The monoisotopic (exact) mass is 570 g/mol. The maximum Gasteiger partial charge on any atom is 0.308 e. The predicted molar refractivity (Wildman–Crippen MR) is 153 cm³/mol. The molecule has 11 heteroatoms. The number of nitrogens with zero attached hydrogens (tertiary/aromatic N) is 3. The van der Waals surface area contributed by atoms with Crippen molar-refractivity contribution in [3.63, 3.8) is 0 Å². The summed E-state index contributed by atoms with van der Waals surface area (Å²) in [6.07, 6.45) is 5.62. The second-order valence-electron chi connectivity index (χ2n) is 10.7. The Bertz CT molecular complexity index is 1250. The SMILES string of the molecule is CCCCN(CCCCN)C(=O)CN1CC(c2cc(OC)c3c(c2)OCO3)C(C(=O)O)C1CCn1ccccc1=O. The molecule has 2 aromatic rings. The summed E-state index contributed by atoms with van der Waals surface area (Å²) in [6, 6.07) is 8.09. The van der Waals surface area contributed by atoms with E-state index in [-0.39, 0.29) is 24.8 Å². The van der Waals surface area contributed by atoms with Crippen LogP contribution in [0.2, 0.25) is 0 Å². The summed E-state index contributed by atoms with van der Waals surface area (Å²) in [5, 5.41) is 10.5. The smallest absolute Gasteiger partial charge is 0.308 e. The van der Waals surface area contributed by atoms with Gasteiger partial charge >= 0.3 is 5.97 Å². The number of hydrogen-bond acceptors (Lipinski definition) is 8. The number of fused-ring (bicyclic) bond motifs is 1. The highest BCUT2D eigenvalue weighted by Gasteiger charge is 2.47. The third kappa shape index (κ3) is 7.20. The fraction of sp³-hybridized carbons (Fsp3) is 0.567. The Balaban J connectivity index is 1.64. The van der Waals surface area contributed by atoms with Crippen LogP contribution >= 0.6 is 0 Å². The van der Waals surface area contributed by atoms with Gasteiger partial charge in [0.2, 0.25) is 24.0 Å². The lowest BCUT2D eigenvalue weighted by Crippen LogP contribution is -2.45. The minimum Gasteiger partial charge on any atom is -0.493 e. The molecule has 0 bridgehead atoms. The summed E-state index contributed by atoms with van der Waals surface area (Å²) in [7, 11) is 1.53. The van der Waals surface area contributed by atoms with E-state index >= 15 is 0 Å². The van der Waals surface area contributed by atoms with Crippen molar-refractivity contribution in [3.05, 3.63) is 52.4 Å². The standard InChI is InChI=1S/C30H42N4O7/c1-3-4-12-32(14-8-6-11-31)27(36)19-34-18-22(21-16-24(39-2)29-25(17-21)40-20-41-29)28(30(37)38)23(34)10-15-33-13-7-5-9-26(33)35/h5,7,9,13,16-17,22-23,28H,3-4,6,8,10-12,14-15,18-20,31H2,1-2H3,(H,37,38). The molecule has 2 aliphatic rings. The molecule has 2 aliphatic heterocycles. The van der Waals surface area contributed by atoms with Gasteiger partial charge in [-0.3, -0.25) is 19.3 Å². The molecule has 41 heavy (non-hydrogen) atoms. The Morgan fingerprint density at radius 2 is 1.98 bits per heavy atom. The molecule has 1 aromatic heterocycles. The molecule has 11 nitrogen and oxygen atoms in total. The largest absolute Gasteiger partial charge is 0.493 e. The average molecular weight is 571 g/mol. The molecular weight excluding hydrogens is 528 g/mol. The number of aliphatic carboxylic acids is 1. The number of benzene rings is 1. The highest BCUT2D eigenvalue weighted by atomic mass is 16.7. The van der Waals surface area contributed by atoms with Crippen molar-refractivity contribution in [2.75, 3.05) is 46.6 Å². The van der Waals surface area contributed by atoms with Crippen LogP contribution in [0.5, 0.6) is 17.2 Å². The normalized spacial score (nSPS) is 19.8. The first-order valence-electron chi connectivity index (χ1n) is 14.5. The van der Waals surface area contributed by atoms with Crippen LogP contribution in [0, 0.1) is 5.92 Å². The highest BCUT2D eigenvalue weighted by molar-refractivity contribution is 5.79. The van der Waals surface area contributed by atoms with Crippen molar-refractivity contribution in [3.8, 4) is 17.2 Å².